The van der Waals surface area contributed by atoms with Gasteiger partial charge in [-0.15, -0.1) is 11.3 Å². The van der Waals surface area contributed by atoms with Gasteiger partial charge in [-0.2, -0.15) is 0 Å². The van der Waals surface area contributed by atoms with Crippen LogP contribution in [-0.4, -0.2) is 11.0 Å². The summed E-state index contributed by atoms with van der Waals surface area (Å²) in [5.74, 6) is 0.149. The van der Waals surface area contributed by atoms with Crippen LogP contribution in [0.15, 0.2) is 36.4 Å². The van der Waals surface area contributed by atoms with Gasteiger partial charge in [-0.3, -0.25) is 4.79 Å². The third-order valence-corrected chi connectivity index (χ3v) is 4.02. The summed E-state index contributed by atoms with van der Waals surface area (Å²) in [6, 6.07) is 10.9. The molecule has 1 aromatic carbocycles. The zero-order chi connectivity index (χ0) is 13.8. The molecule has 0 bridgehead atoms. The minimum absolute atomic E-state index is 0.0171. The minimum Gasteiger partial charge on any atom is -0.508 e. The number of carbonyl (C=O) groups is 1. The van der Waals surface area contributed by atoms with E-state index in [2.05, 4.69) is 18.3 Å². The van der Waals surface area contributed by atoms with Gasteiger partial charge in [0.15, 0.2) is 0 Å². The van der Waals surface area contributed by atoms with Crippen LogP contribution in [0.5, 0.6) is 5.75 Å². The van der Waals surface area contributed by atoms with E-state index in [1.807, 2.05) is 19.1 Å². The lowest BCUT2D eigenvalue weighted by Gasteiger charge is -2.12. The first kappa shape index (κ1) is 13.6. The van der Waals surface area contributed by atoms with Crippen molar-refractivity contribution in [1.82, 2.24) is 5.32 Å². The molecule has 3 nitrogen and oxygen atoms in total. The SMILES string of the molecule is Cc1ccc(C(C)NC(=O)Cc2cccc(O)c2)s1. The van der Waals surface area contributed by atoms with Gasteiger partial charge in [-0.1, -0.05) is 12.1 Å². The van der Waals surface area contributed by atoms with Crippen molar-refractivity contribution in [2.75, 3.05) is 0 Å². The molecule has 0 fully saturated rings. The zero-order valence-corrected chi connectivity index (χ0v) is 11.8. The second-order valence-electron chi connectivity index (χ2n) is 4.58. The number of amides is 1. The largest absolute Gasteiger partial charge is 0.508 e. The Morgan fingerprint density at radius 1 is 1.37 bits per heavy atom. The number of nitrogens with one attached hydrogen (secondary N) is 1. The molecular formula is C15H17NO2S. The van der Waals surface area contributed by atoms with Crippen LogP contribution in [-0.2, 0) is 11.2 Å². The van der Waals surface area contributed by atoms with Gasteiger partial charge < -0.3 is 10.4 Å². The summed E-state index contributed by atoms with van der Waals surface area (Å²) in [6.07, 6.45) is 0.281. The van der Waals surface area contributed by atoms with E-state index in [-0.39, 0.29) is 24.1 Å². The molecule has 0 aliphatic rings. The van der Waals surface area contributed by atoms with E-state index < -0.39 is 0 Å². The van der Waals surface area contributed by atoms with Gasteiger partial charge in [0.1, 0.15) is 5.75 Å². The van der Waals surface area contributed by atoms with E-state index in [1.54, 1.807) is 29.5 Å². The minimum atomic E-state index is -0.0378. The van der Waals surface area contributed by atoms with E-state index in [4.69, 9.17) is 0 Å². The normalized spacial score (nSPS) is 12.1. The summed E-state index contributed by atoms with van der Waals surface area (Å²) >= 11 is 1.69. The Morgan fingerprint density at radius 2 is 2.16 bits per heavy atom. The molecule has 2 N–H and O–H groups in total. The van der Waals surface area contributed by atoms with Crippen molar-refractivity contribution in [1.29, 1.82) is 0 Å². The Balaban J connectivity index is 1.94. The smallest absolute Gasteiger partial charge is 0.224 e. The lowest BCUT2D eigenvalue weighted by atomic mass is 10.1. The lowest BCUT2D eigenvalue weighted by molar-refractivity contribution is -0.121. The maximum Gasteiger partial charge on any atom is 0.224 e. The second-order valence-corrected chi connectivity index (χ2v) is 5.90. The fourth-order valence-corrected chi connectivity index (χ4v) is 2.78. The molecule has 0 spiro atoms. The zero-order valence-electron chi connectivity index (χ0n) is 11.0. The summed E-state index contributed by atoms with van der Waals surface area (Å²) in [7, 11) is 0. The van der Waals surface area contributed by atoms with Crippen LogP contribution in [0.1, 0.15) is 28.3 Å². The topological polar surface area (TPSA) is 49.3 Å². The highest BCUT2D eigenvalue weighted by Crippen LogP contribution is 2.22. The Morgan fingerprint density at radius 3 is 2.79 bits per heavy atom. The first-order chi connectivity index (χ1) is 9.04. The van der Waals surface area contributed by atoms with Gasteiger partial charge in [0, 0.05) is 9.75 Å². The van der Waals surface area contributed by atoms with Crippen LogP contribution in [0.25, 0.3) is 0 Å². The van der Waals surface area contributed by atoms with Gasteiger partial charge in [0.25, 0.3) is 0 Å². The molecule has 0 saturated heterocycles. The molecule has 1 atom stereocenters. The van der Waals surface area contributed by atoms with Crippen LogP contribution in [0.2, 0.25) is 0 Å². The number of carbonyl (C=O) groups excluding carboxylic acids is 1. The van der Waals surface area contributed by atoms with Crippen molar-refractivity contribution in [3.63, 3.8) is 0 Å². The third kappa shape index (κ3) is 3.83. The molecule has 2 aromatic rings. The van der Waals surface area contributed by atoms with Gasteiger partial charge in [-0.25, -0.2) is 0 Å². The average Bonchev–Trinajstić information content (AvgIpc) is 2.75. The van der Waals surface area contributed by atoms with Crippen LogP contribution in [0, 0.1) is 6.92 Å². The maximum absolute atomic E-state index is 11.9. The molecule has 1 amide bonds. The predicted octanol–water partition coefficient (Wildman–Crippen LogP) is 3.18. The van der Waals surface area contributed by atoms with Crippen molar-refractivity contribution in [2.24, 2.45) is 0 Å². The standard InChI is InChI=1S/C15H17NO2S/c1-10-6-7-14(19-10)11(2)16-15(18)9-12-4-3-5-13(17)8-12/h3-8,11,17H,9H2,1-2H3,(H,16,18). The van der Waals surface area contributed by atoms with Crippen molar-refractivity contribution in [2.45, 2.75) is 26.3 Å². The van der Waals surface area contributed by atoms with Crippen LogP contribution in [0.4, 0.5) is 0 Å². The van der Waals surface area contributed by atoms with Crippen LogP contribution >= 0.6 is 11.3 Å². The summed E-state index contributed by atoms with van der Waals surface area (Å²) in [5.41, 5.74) is 0.812. The van der Waals surface area contributed by atoms with Crippen LogP contribution < -0.4 is 5.32 Å². The van der Waals surface area contributed by atoms with Gasteiger partial charge >= 0.3 is 0 Å². The first-order valence-electron chi connectivity index (χ1n) is 6.18. The predicted molar refractivity (Wildman–Crippen MR) is 77.4 cm³/mol. The summed E-state index contributed by atoms with van der Waals surface area (Å²) < 4.78 is 0. The fraction of sp³-hybridized carbons (Fsp3) is 0.267. The molecule has 4 heteroatoms. The van der Waals surface area contributed by atoms with Gasteiger partial charge in [0.05, 0.1) is 12.5 Å². The van der Waals surface area contributed by atoms with Crippen molar-refractivity contribution in [3.8, 4) is 5.75 Å². The van der Waals surface area contributed by atoms with Crippen LogP contribution in [0.3, 0.4) is 0 Å². The number of thiophene rings is 1. The Kier molecular flexibility index (Phi) is 4.22. The lowest BCUT2D eigenvalue weighted by Crippen LogP contribution is -2.27. The number of hydrogen-bond donors (Lipinski definition) is 2. The molecule has 100 valence electrons. The Hall–Kier alpha value is -1.81. The molecule has 0 radical (unpaired) electrons. The van der Waals surface area contributed by atoms with Gasteiger partial charge in [0.2, 0.25) is 5.91 Å². The summed E-state index contributed by atoms with van der Waals surface area (Å²) in [5, 5.41) is 12.3. The number of aromatic hydroxyl groups is 1. The first-order valence-corrected chi connectivity index (χ1v) is 7.00. The van der Waals surface area contributed by atoms with E-state index >= 15 is 0 Å². The maximum atomic E-state index is 11.9. The second kappa shape index (κ2) is 5.89. The molecular weight excluding hydrogens is 258 g/mol. The van der Waals surface area contributed by atoms with Gasteiger partial charge in [-0.05, 0) is 43.7 Å². The molecule has 0 saturated carbocycles. The van der Waals surface area contributed by atoms with E-state index in [9.17, 15) is 9.90 Å². The average molecular weight is 275 g/mol. The molecule has 1 heterocycles. The highest BCUT2D eigenvalue weighted by molar-refractivity contribution is 7.12. The van der Waals surface area contributed by atoms with Crippen molar-refractivity contribution >= 4 is 17.2 Å². The Bertz CT molecular complexity index is 577. The number of phenolic OH excluding ortho intramolecular Hbond substituents is 1. The molecule has 0 aliphatic heterocycles. The van der Waals surface area contributed by atoms with E-state index in [1.165, 1.54) is 4.88 Å². The monoisotopic (exact) mass is 275 g/mol. The highest BCUT2D eigenvalue weighted by atomic mass is 32.1. The number of aryl methyl sites for hydroxylation is 1. The molecule has 0 aliphatic carbocycles. The molecule has 1 aromatic heterocycles. The van der Waals surface area contributed by atoms with Crippen molar-refractivity contribution < 1.29 is 9.90 Å². The summed E-state index contributed by atoms with van der Waals surface area (Å²) in [6.45, 7) is 4.03. The van der Waals surface area contributed by atoms with Crippen molar-refractivity contribution in [3.05, 3.63) is 51.7 Å². The Labute approximate surface area is 116 Å². The fourth-order valence-electron chi connectivity index (χ4n) is 1.90. The molecule has 19 heavy (non-hydrogen) atoms. The number of phenols is 1. The van der Waals surface area contributed by atoms with E-state index in [0.29, 0.717) is 0 Å². The van der Waals surface area contributed by atoms with E-state index in [0.717, 1.165) is 10.4 Å². The molecule has 1 unspecified atom stereocenters. The summed E-state index contributed by atoms with van der Waals surface area (Å²) in [4.78, 5) is 14.3. The highest BCUT2D eigenvalue weighted by Gasteiger charge is 2.11. The third-order valence-electron chi connectivity index (χ3n) is 2.84. The quantitative estimate of drug-likeness (QED) is 0.900. The number of hydrogen-bond acceptors (Lipinski definition) is 3. The number of rotatable bonds is 4. The number of benzene rings is 1. The molecule has 2 rings (SSSR count).